The standard InChI is InChI=1S/C23H23F3N2O2/c1-30-20-12-16(10-17(13-20)23(24,25)26)22(29)28-9-5-4-7-19(28)14-18-11-15-6-2-3-8-21(15)27-18/h2-3,6,8,10-13,19,27H,4-5,7,9,14H2,1H3. The molecule has 0 aliphatic carbocycles. The molecule has 1 atom stereocenters. The first-order chi connectivity index (χ1) is 14.3. The van der Waals surface area contributed by atoms with Crippen LogP contribution in [-0.4, -0.2) is 35.5 Å². The van der Waals surface area contributed by atoms with Crippen LogP contribution >= 0.6 is 0 Å². The minimum Gasteiger partial charge on any atom is -0.497 e. The van der Waals surface area contributed by atoms with E-state index >= 15 is 0 Å². The molecular weight excluding hydrogens is 393 g/mol. The molecule has 0 saturated carbocycles. The number of aromatic amines is 1. The summed E-state index contributed by atoms with van der Waals surface area (Å²) in [5.74, 6) is -0.363. The van der Waals surface area contributed by atoms with Crippen molar-refractivity contribution in [3.8, 4) is 5.75 Å². The van der Waals surface area contributed by atoms with E-state index in [1.807, 2.05) is 24.3 Å². The van der Waals surface area contributed by atoms with Crippen LogP contribution in [0.5, 0.6) is 5.75 Å². The van der Waals surface area contributed by atoms with Crippen molar-refractivity contribution in [2.24, 2.45) is 0 Å². The minimum atomic E-state index is -4.55. The summed E-state index contributed by atoms with van der Waals surface area (Å²) in [7, 11) is 1.29. The fraction of sp³-hybridized carbons (Fsp3) is 0.348. The van der Waals surface area contributed by atoms with Gasteiger partial charge in [0.15, 0.2) is 0 Å². The number of hydrogen-bond acceptors (Lipinski definition) is 2. The van der Waals surface area contributed by atoms with Crippen molar-refractivity contribution in [1.29, 1.82) is 0 Å². The van der Waals surface area contributed by atoms with Crippen LogP contribution in [0.2, 0.25) is 0 Å². The van der Waals surface area contributed by atoms with Crippen LogP contribution in [0.3, 0.4) is 0 Å². The lowest BCUT2D eigenvalue weighted by atomic mass is 9.96. The maximum atomic E-state index is 13.3. The molecule has 1 aromatic heterocycles. The first-order valence-corrected chi connectivity index (χ1v) is 9.99. The Morgan fingerprint density at radius 3 is 2.70 bits per heavy atom. The van der Waals surface area contributed by atoms with Gasteiger partial charge in [0.25, 0.3) is 5.91 Å². The first kappa shape index (κ1) is 20.3. The van der Waals surface area contributed by atoms with Crippen molar-refractivity contribution in [2.45, 2.75) is 37.9 Å². The highest BCUT2D eigenvalue weighted by Crippen LogP contribution is 2.33. The fourth-order valence-electron chi connectivity index (χ4n) is 4.15. The number of para-hydroxylation sites is 1. The number of nitrogens with zero attached hydrogens (tertiary/aromatic N) is 1. The summed E-state index contributed by atoms with van der Waals surface area (Å²) in [6.45, 7) is 0.530. The Bertz CT molecular complexity index is 1030. The summed E-state index contributed by atoms with van der Waals surface area (Å²) >= 11 is 0. The van der Waals surface area contributed by atoms with E-state index in [1.165, 1.54) is 13.2 Å². The van der Waals surface area contributed by atoms with Crippen molar-refractivity contribution in [3.63, 3.8) is 0 Å². The number of hydrogen-bond donors (Lipinski definition) is 1. The lowest BCUT2D eigenvalue weighted by Crippen LogP contribution is -2.45. The number of fused-ring (bicyclic) bond motifs is 1. The van der Waals surface area contributed by atoms with E-state index in [0.29, 0.717) is 13.0 Å². The number of carbonyl (C=O) groups excluding carboxylic acids is 1. The zero-order valence-corrected chi connectivity index (χ0v) is 16.6. The molecule has 1 aliphatic heterocycles. The third kappa shape index (κ3) is 4.15. The number of methoxy groups -OCH3 is 1. The van der Waals surface area contributed by atoms with Gasteiger partial charge in [-0.1, -0.05) is 18.2 Å². The number of aromatic nitrogens is 1. The highest BCUT2D eigenvalue weighted by molar-refractivity contribution is 5.95. The molecule has 4 rings (SSSR count). The average Bonchev–Trinajstić information content (AvgIpc) is 3.15. The zero-order chi connectivity index (χ0) is 21.3. The summed E-state index contributed by atoms with van der Waals surface area (Å²) < 4.78 is 44.8. The average molecular weight is 416 g/mol. The molecule has 3 aromatic rings. The summed E-state index contributed by atoms with van der Waals surface area (Å²) in [6, 6.07) is 13.2. The van der Waals surface area contributed by atoms with Gasteiger partial charge >= 0.3 is 6.18 Å². The smallest absolute Gasteiger partial charge is 0.416 e. The monoisotopic (exact) mass is 416 g/mol. The number of rotatable bonds is 4. The molecular formula is C23H23F3N2O2. The summed E-state index contributed by atoms with van der Waals surface area (Å²) in [4.78, 5) is 18.3. The van der Waals surface area contributed by atoms with E-state index in [1.54, 1.807) is 4.90 Å². The molecule has 2 aromatic carbocycles. The third-order valence-corrected chi connectivity index (χ3v) is 5.65. The van der Waals surface area contributed by atoms with Crippen molar-refractivity contribution >= 4 is 16.8 Å². The van der Waals surface area contributed by atoms with Crippen LogP contribution in [0.1, 0.15) is 40.9 Å². The van der Waals surface area contributed by atoms with Crippen molar-refractivity contribution in [3.05, 3.63) is 65.4 Å². The highest BCUT2D eigenvalue weighted by atomic mass is 19.4. The Morgan fingerprint density at radius 2 is 1.97 bits per heavy atom. The highest BCUT2D eigenvalue weighted by Gasteiger charge is 2.34. The molecule has 1 amide bonds. The Balaban J connectivity index is 1.61. The largest absolute Gasteiger partial charge is 0.497 e. The number of benzene rings is 2. The Labute approximate surface area is 172 Å². The van der Waals surface area contributed by atoms with E-state index in [9.17, 15) is 18.0 Å². The van der Waals surface area contributed by atoms with Crippen molar-refractivity contribution < 1.29 is 22.7 Å². The van der Waals surface area contributed by atoms with Gasteiger partial charge < -0.3 is 14.6 Å². The number of likely N-dealkylation sites (tertiary alicyclic amines) is 1. The molecule has 0 spiro atoms. The maximum Gasteiger partial charge on any atom is 0.416 e. The van der Waals surface area contributed by atoms with Crippen LogP contribution in [-0.2, 0) is 12.6 Å². The molecule has 0 radical (unpaired) electrons. The molecule has 4 nitrogen and oxygen atoms in total. The summed E-state index contributed by atoms with van der Waals surface area (Å²) in [6.07, 6.45) is -1.27. The van der Waals surface area contributed by atoms with Crippen molar-refractivity contribution in [2.75, 3.05) is 13.7 Å². The molecule has 158 valence electrons. The van der Waals surface area contributed by atoms with Gasteiger partial charge in [0, 0.05) is 35.8 Å². The van der Waals surface area contributed by atoms with Gasteiger partial charge in [0.2, 0.25) is 0 Å². The molecule has 0 bridgehead atoms. The SMILES string of the molecule is COc1cc(C(=O)N2CCCCC2Cc2cc3ccccc3[nH]2)cc(C(F)(F)F)c1. The number of amides is 1. The van der Waals surface area contributed by atoms with Gasteiger partial charge in [-0.2, -0.15) is 13.2 Å². The van der Waals surface area contributed by atoms with Gasteiger partial charge in [-0.15, -0.1) is 0 Å². The Hall–Kier alpha value is -2.96. The predicted molar refractivity (Wildman–Crippen MR) is 109 cm³/mol. The molecule has 1 N–H and O–H groups in total. The first-order valence-electron chi connectivity index (χ1n) is 9.99. The second-order valence-corrected chi connectivity index (χ2v) is 7.68. The number of halogens is 3. The molecule has 1 fully saturated rings. The predicted octanol–water partition coefficient (Wildman–Crippen LogP) is 5.43. The Morgan fingerprint density at radius 1 is 1.17 bits per heavy atom. The van der Waals surface area contributed by atoms with E-state index < -0.39 is 11.7 Å². The lowest BCUT2D eigenvalue weighted by Gasteiger charge is -2.36. The van der Waals surface area contributed by atoms with Crippen LogP contribution in [0.25, 0.3) is 10.9 Å². The van der Waals surface area contributed by atoms with Crippen LogP contribution in [0.4, 0.5) is 13.2 Å². The summed E-state index contributed by atoms with van der Waals surface area (Å²) in [5.41, 5.74) is 1.17. The van der Waals surface area contributed by atoms with Gasteiger partial charge in [-0.3, -0.25) is 4.79 Å². The van der Waals surface area contributed by atoms with Crippen LogP contribution < -0.4 is 4.74 Å². The molecule has 30 heavy (non-hydrogen) atoms. The summed E-state index contributed by atoms with van der Waals surface area (Å²) in [5, 5.41) is 1.10. The number of alkyl halides is 3. The topological polar surface area (TPSA) is 45.3 Å². The lowest BCUT2D eigenvalue weighted by molar-refractivity contribution is -0.137. The zero-order valence-electron chi connectivity index (χ0n) is 16.6. The quantitative estimate of drug-likeness (QED) is 0.616. The number of piperidine rings is 1. The number of nitrogens with one attached hydrogen (secondary N) is 1. The second-order valence-electron chi connectivity index (χ2n) is 7.68. The van der Waals surface area contributed by atoms with Crippen LogP contribution in [0.15, 0.2) is 48.5 Å². The van der Waals surface area contributed by atoms with E-state index in [-0.39, 0.29) is 23.3 Å². The third-order valence-electron chi connectivity index (χ3n) is 5.65. The normalized spacial score (nSPS) is 17.3. The second kappa shape index (κ2) is 8.05. The number of H-pyrrole nitrogens is 1. The van der Waals surface area contributed by atoms with E-state index in [4.69, 9.17) is 4.74 Å². The molecule has 2 heterocycles. The molecule has 1 unspecified atom stereocenters. The van der Waals surface area contributed by atoms with Gasteiger partial charge in [-0.25, -0.2) is 0 Å². The van der Waals surface area contributed by atoms with Gasteiger partial charge in [0.05, 0.1) is 12.7 Å². The number of ether oxygens (including phenoxy) is 1. The molecule has 7 heteroatoms. The number of carbonyl (C=O) groups is 1. The van der Waals surface area contributed by atoms with Crippen LogP contribution in [0, 0.1) is 0 Å². The van der Waals surface area contributed by atoms with Crippen molar-refractivity contribution in [1.82, 2.24) is 9.88 Å². The Kier molecular flexibility index (Phi) is 5.45. The van der Waals surface area contributed by atoms with E-state index in [2.05, 4.69) is 11.1 Å². The van der Waals surface area contributed by atoms with Gasteiger partial charge in [-0.05, 0) is 55.0 Å². The molecule has 1 saturated heterocycles. The fourth-order valence-corrected chi connectivity index (χ4v) is 4.15. The molecule has 1 aliphatic rings. The van der Waals surface area contributed by atoms with E-state index in [0.717, 1.165) is 48.0 Å². The minimum absolute atomic E-state index is 0.00484. The maximum absolute atomic E-state index is 13.3. The van der Waals surface area contributed by atoms with Gasteiger partial charge in [0.1, 0.15) is 5.75 Å².